The zero-order chi connectivity index (χ0) is 25.0. The van der Waals surface area contributed by atoms with E-state index in [-0.39, 0.29) is 35.3 Å². The Labute approximate surface area is 199 Å². The molecule has 4 rings (SSSR count). The third-order valence-corrected chi connectivity index (χ3v) is 6.36. The van der Waals surface area contributed by atoms with E-state index < -0.39 is 17.5 Å². The minimum absolute atomic E-state index is 0.0298. The Morgan fingerprint density at radius 1 is 1.14 bits per heavy atom. The molecule has 1 aromatic carbocycles. The summed E-state index contributed by atoms with van der Waals surface area (Å²) < 4.78 is 55.0. The second-order valence-electron chi connectivity index (χ2n) is 8.80. The van der Waals surface area contributed by atoms with E-state index in [2.05, 4.69) is 30.2 Å². The molecular weight excluding hydrogens is 472 g/mol. The summed E-state index contributed by atoms with van der Waals surface area (Å²) in [5.41, 5.74) is -0.0704. The fourth-order valence-corrected chi connectivity index (χ4v) is 4.48. The number of nitrogens with zero attached hydrogens (tertiary/aromatic N) is 4. The molecule has 1 saturated heterocycles. The van der Waals surface area contributed by atoms with Crippen molar-refractivity contribution in [2.45, 2.75) is 50.8 Å². The highest BCUT2D eigenvalue weighted by molar-refractivity contribution is 5.57. The number of alkyl halides is 4. The van der Waals surface area contributed by atoms with E-state index in [4.69, 9.17) is 0 Å². The molecule has 1 aliphatic heterocycles. The lowest BCUT2D eigenvalue weighted by molar-refractivity contribution is -0.384. The Kier molecular flexibility index (Phi) is 7.53. The average molecular weight is 498 g/mol. The maximum absolute atomic E-state index is 13.1. The summed E-state index contributed by atoms with van der Waals surface area (Å²) in [5, 5.41) is 17.3. The van der Waals surface area contributed by atoms with Crippen LogP contribution in [0.4, 0.5) is 35.0 Å². The predicted octanol–water partition coefficient (Wildman–Crippen LogP) is 4.52. The fourth-order valence-electron chi connectivity index (χ4n) is 4.48. The van der Waals surface area contributed by atoms with Gasteiger partial charge in [0.1, 0.15) is 18.1 Å². The van der Waals surface area contributed by atoms with Gasteiger partial charge in [-0.2, -0.15) is 4.98 Å². The quantitative estimate of drug-likeness (QED) is 0.295. The molecule has 13 heteroatoms. The Balaban J connectivity index is 1.35. The molecule has 2 aliphatic rings. The number of para-hydroxylation sites is 1. The van der Waals surface area contributed by atoms with E-state index >= 15 is 0 Å². The fraction of sp³-hybridized carbons (Fsp3) is 0.545. The first-order chi connectivity index (χ1) is 16.7. The van der Waals surface area contributed by atoms with E-state index in [0.29, 0.717) is 31.6 Å². The van der Waals surface area contributed by atoms with E-state index in [0.717, 1.165) is 31.9 Å². The van der Waals surface area contributed by atoms with Crippen LogP contribution in [-0.2, 0) is 6.54 Å². The first kappa shape index (κ1) is 24.9. The lowest BCUT2D eigenvalue weighted by Crippen LogP contribution is -2.54. The summed E-state index contributed by atoms with van der Waals surface area (Å²) in [6.07, 6.45) is -0.739. The van der Waals surface area contributed by atoms with Crippen molar-refractivity contribution in [3.05, 3.63) is 46.1 Å². The van der Waals surface area contributed by atoms with Crippen LogP contribution in [0.1, 0.15) is 31.2 Å². The number of ether oxygens (including phenoxy) is 1. The zero-order valence-corrected chi connectivity index (χ0v) is 18.8. The Hall–Kier alpha value is -3.22. The lowest BCUT2D eigenvalue weighted by atomic mass is 9.84. The maximum atomic E-state index is 13.1. The van der Waals surface area contributed by atoms with E-state index in [1.54, 1.807) is 6.07 Å². The summed E-state index contributed by atoms with van der Waals surface area (Å²) in [6.45, 7) is 1.41. The number of halogens is 4. The van der Waals surface area contributed by atoms with Gasteiger partial charge in [-0.1, -0.05) is 18.2 Å². The molecular formula is C22H26F4N6O3. The van der Waals surface area contributed by atoms with Crippen LogP contribution >= 0.6 is 0 Å². The molecule has 9 nitrogen and oxygen atoms in total. The smallest absolute Gasteiger partial charge is 0.405 e. The van der Waals surface area contributed by atoms with Gasteiger partial charge in [-0.05, 0) is 37.7 Å². The van der Waals surface area contributed by atoms with Gasteiger partial charge in [-0.15, -0.1) is 13.2 Å². The largest absolute Gasteiger partial charge is 0.573 e. The molecule has 35 heavy (non-hydrogen) atoms. The second kappa shape index (κ2) is 10.6. The normalized spacial score (nSPS) is 21.3. The number of anilines is 2. The highest BCUT2D eigenvalue weighted by atomic mass is 19.4. The van der Waals surface area contributed by atoms with Crippen molar-refractivity contribution in [2.24, 2.45) is 5.92 Å². The molecule has 1 saturated carbocycles. The summed E-state index contributed by atoms with van der Waals surface area (Å²) in [4.78, 5) is 21.1. The number of nitrogens with one attached hydrogen (secondary N) is 2. The van der Waals surface area contributed by atoms with E-state index in [9.17, 15) is 27.7 Å². The molecule has 2 heterocycles. The standard InChI is InChI=1S/C22H26F4N6O3/c23-16-12-31(13-16)17-7-5-14(6-8-17)9-27-20-18(32(33)34)11-29-21(30-20)28-10-15-3-1-2-4-19(15)35-22(24,25)26/h1-4,11,14,16-17H,5-10,12-13H2,(H2,27,28,29,30). The molecule has 2 aromatic rings. The molecule has 190 valence electrons. The van der Waals surface area contributed by atoms with Gasteiger partial charge >= 0.3 is 12.0 Å². The van der Waals surface area contributed by atoms with Crippen LogP contribution in [0.5, 0.6) is 5.75 Å². The van der Waals surface area contributed by atoms with Gasteiger partial charge in [-0.3, -0.25) is 15.0 Å². The Morgan fingerprint density at radius 2 is 1.86 bits per heavy atom. The minimum atomic E-state index is -4.83. The molecule has 0 radical (unpaired) electrons. The number of aromatic nitrogens is 2. The third kappa shape index (κ3) is 6.68. The average Bonchev–Trinajstić information content (AvgIpc) is 2.79. The number of rotatable bonds is 9. The van der Waals surface area contributed by atoms with Crippen molar-refractivity contribution in [1.82, 2.24) is 14.9 Å². The molecule has 2 N–H and O–H groups in total. The lowest BCUT2D eigenvalue weighted by Gasteiger charge is -2.43. The van der Waals surface area contributed by atoms with Gasteiger partial charge in [0.05, 0.1) is 4.92 Å². The molecule has 1 aliphatic carbocycles. The van der Waals surface area contributed by atoms with E-state index in [1.165, 1.54) is 18.2 Å². The first-order valence-electron chi connectivity index (χ1n) is 11.4. The zero-order valence-electron chi connectivity index (χ0n) is 18.8. The second-order valence-corrected chi connectivity index (χ2v) is 8.80. The Morgan fingerprint density at radius 3 is 2.51 bits per heavy atom. The van der Waals surface area contributed by atoms with Crippen molar-refractivity contribution in [1.29, 1.82) is 0 Å². The number of benzene rings is 1. The first-order valence-corrected chi connectivity index (χ1v) is 11.4. The SMILES string of the molecule is O=[N+]([O-])c1cnc(NCc2ccccc2OC(F)(F)F)nc1NCC1CCC(N2CC(F)C2)CC1. The van der Waals surface area contributed by atoms with Crippen LogP contribution in [-0.4, -0.2) is 58.0 Å². The highest BCUT2D eigenvalue weighted by Crippen LogP contribution is 2.32. The van der Waals surface area contributed by atoms with Crippen LogP contribution in [0.2, 0.25) is 0 Å². The van der Waals surface area contributed by atoms with Crippen LogP contribution in [0, 0.1) is 16.0 Å². The third-order valence-electron chi connectivity index (χ3n) is 6.36. The van der Waals surface area contributed by atoms with Crippen LogP contribution in [0.25, 0.3) is 0 Å². The molecule has 0 unspecified atom stereocenters. The minimum Gasteiger partial charge on any atom is -0.405 e. The number of nitro groups is 1. The monoisotopic (exact) mass is 498 g/mol. The summed E-state index contributed by atoms with van der Waals surface area (Å²) >= 11 is 0. The predicted molar refractivity (Wildman–Crippen MR) is 120 cm³/mol. The number of hydrogen-bond acceptors (Lipinski definition) is 8. The van der Waals surface area contributed by atoms with Gasteiger partial charge in [0, 0.05) is 37.8 Å². The maximum Gasteiger partial charge on any atom is 0.573 e. The topological polar surface area (TPSA) is 105 Å². The molecule has 0 atom stereocenters. The van der Waals surface area contributed by atoms with Crippen molar-refractivity contribution in [3.63, 3.8) is 0 Å². The van der Waals surface area contributed by atoms with Gasteiger partial charge in [0.2, 0.25) is 11.8 Å². The highest BCUT2D eigenvalue weighted by Gasteiger charge is 2.34. The van der Waals surface area contributed by atoms with Crippen LogP contribution in [0.3, 0.4) is 0 Å². The van der Waals surface area contributed by atoms with Crippen LogP contribution in [0.15, 0.2) is 30.5 Å². The molecule has 0 spiro atoms. The Bertz CT molecular complexity index is 1030. The molecule has 1 aromatic heterocycles. The van der Waals surface area contributed by atoms with Crippen molar-refractivity contribution >= 4 is 17.5 Å². The van der Waals surface area contributed by atoms with Gasteiger partial charge in [0.15, 0.2) is 0 Å². The molecule has 0 bridgehead atoms. The van der Waals surface area contributed by atoms with Crippen molar-refractivity contribution in [2.75, 3.05) is 30.3 Å². The number of likely N-dealkylation sites (tertiary alicyclic amines) is 1. The van der Waals surface area contributed by atoms with Gasteiger partial charge in [0.25, 0.3) is 0 Å². The van der Waals surface area contributed by atoms with Crippen molar-refractivity contribution < 1.29 is 27.2 Å². The van der Waals surface area contributed by atoms with Crippen LogP contribution < -0.4 is 15.4 Å². The van der Waals surface area contributed by atoms with Gasteiger partial charge < -0.3 is 15.4 Å². The molecule has 2 fully saturated rings. The van der Waals surface area contributed by atoms with E-state index in [1.807, 2.05) is 0 Å². The summed E-state index contributed by atoms with van der Waals surface area (Å²) in [5.74, 6) is 0.00865. The van der Waals surface area contributed by atoms with Gasteiger partial charge in [-0.25, -0.2) is 9.37 Å². The summed E-state index contributed by atoms with van der Waals surface area (Å²) in [7, 11) is 0. The molecule has 0 amide bonds. The summed E-state index contributed by atoms with van der Waals surface area (Å²) in [6, 6.07) is 6.04. The number of hydrogen-bond donors (Lipinski definition) is 2. The van der Waals surface area contributed by atoms with Crippen molar-refractivity contribution in [3.8, 4) is 5.75 Å².